The Morgan fingerprint density at radius 1 is 0.645 bits per heavy atom. The summed E-state index contributed by atoms with van der Waals surface area (Å²) >= 11 is 0. The van der Waals surface area contributed by atoms with Crippen molar-refractivity contribution < 1.29 is 21.6 Å². The first-order valence-corrected chi connectivity index (χ1v) is 12.0. The van der Waals surface area contributed by atoms with Crippen LogP contribution in [0.15, 0.2) is 88.7 Å². The Balaban J connectivity index is 1.76. The number of carbonyl (C=O) groups is 1. The highest BCUT2D eigenvalue weighted by atomic mass is 32.2. The lowest BCUT2D eigenvalue weighted by molar-refractivity contribution is 0.262. The molecule has 162 valence electrons. The zero-order valence-electron chi connectivity index (χ0n) is 16.4. The average molecular weight is 461 g/mol. The van der Waals surface area contributed by atoms with Gasteiger partial charge in [0, 0.05) is 11.4 Å². The Bertz CT molecular complexity index is 1290. The van der Waals surface area contributed by atoms with Gasteiger partial charge in [-0.05, 0) is 55.6 Å². The van der Waals surface area contributed by atoms with E-state index >= 15 is 0 Å². The van der Waals surface area contributed by atoms with E-state index in [1.54, 1.807) is 36.4 Å². The summed E-state index contributed by atoms with van der Waals surface area (Å²) in [6.45, 7) is 0. The number of benzene rings is 3. The van der Waals surface area contributed by atoms with Crippen molar-refractivity contribution in [2.45, 2.75) is 9.79 Å². The molecule has 0 aromatic heterocycles. The van der Waals surface area contributed by atoms with E-state index in [0.717, 1.165) is 6.07 Å². The van der Waals surface area contributed by atoms with Gasteiger partial charge in [0.25, 0.3) is 10.0 Å². The number of urea groups is 1. The number of anilines is 3. The summed E-state index contributed by atoms with van der Waals surface area (Å²) in [4.78, 5) is 11.7. The van der Waals surface area contributed by atoms with E-state index in [0.29, 0.717) is 11.4 Å². The Morgan fingerprint density at radius 2 is 1.19 bits per heavy atom. The lowest BCUT2D eigenvalue weighted by Gasteiger charge is -2.12. The molecule has 0 bridgehead atoms. The van der Waals surface area contributed by atoms with Crippen molar-refractivity contribution in [3.63, 3.8) is 0 Å². The van der Waals surface area contributed by atoms with Crippen LogP contribution in [0.2, 0.25) is 0 Å². The second kappa shape index (κ2) is 9.16. The van der Waals surface area contributed by atoms with Crippen LogP contribution >= 0.6 is 0 Å². The fourth-order valence-corrected chi connectivity index (χ4v) is 4.56. The number of rotatable bonds is 7. The molecule has 3 rings (SSSR count). The zero-order chi connectivity index (χ0) is 22.5. The number of hydrogen-bond acceptors (Lipinski definition) is 5. The van der Waals surface area contributed by atoms with Gasteiger partial charge in [0.15, 0.2) is 0 Å². The van der Waals surface area contributed by atoms with Crippen LogP contribution in [0.1, 0.15) is 0 Å². The van der Waals surface area contributed by atoms with Crippen LogP contribution in [0, 0.1) is 0 Å². The SMILES string of the molecule is CNS(=O)(=O)c1cccc(S(=O)(=O)Nc2cccc(NC(=O)Nc3ccccc3)c2)c1. The lowest BCUT2D eigenvalue weighted by atomic mass is 10.3. The standard InChI is InChI=1S/C20H20N4O5S2/c1-21-30(26,27)18-11-6-12-19(14-18)31(28,29)24-17-10-5-9-16(13-17)23-20(25)22-15-7-3-2-4-8-15/h2-14,21,24H,1H3,(H2,22,23,25). The van der Waals surface area contributed by atoms with Crippen LogP contribution in [0.4, 0.5) is 21.9 Å². The van der Waals surface area contributed by atoms with Crippen LogP contribution in [-0.2, 0) is 20.0 Å². The summed E-state index contributed by atoms with van der Waals surface area (Å²) < 4.78 is 53.8. The summed E-state index contributed by atoms with van der Waals surface area (Å²) in [5.74, 6) is 0. The maximum absolute atomic E-state index is 12.7. The highest BCUT2D eigenvalue weighted by Gasteiger charge is 2.19. The van der Waals surface area contributed by atoms with E-state index in [1.807, 2.05) is 6.07 Å². The molecule has 0 radical (unpaired) electrons. The molecule has 0 spiro atoms. The summed E-state index contributed by atoms with van der Waals surface area (Å²) in [5.41, 5.74) is 1.16. The number of nitrogens with one attached hydrogen (secondary N) is 4. The Hall–Kier alpha value is -3.41. The largest absolute Gasteiger partial charge is 0.323 e. The normalized spacial score (nSPS) is 11.5. The Labute approximate surface area is 180 Å². The van der Waals surface area contributed by atoms with E-state index in [4.69, 9.17) is 0 Å². The monoisotopic (exact) mass is 460 g/mol. The van der Waals surface area contributed by atoms with Gasteiger partial charge in [0.2, 0.25) is 10.0 Å². The summed E-state index contributed by atoms with van der Waals surface area (Å²) in [6.07, 6.45) is 0. The molecule has 3 aromatic carbocycles. The predicted molar refractivity (Wildman–Crippen MR) is 119 cm³/mol. The third-order valence-electron chi connectivity index (χ3n) is 4.10. The molecule has 0 fully saturated rings. The van der Waals surface area contributed by atoms with Crippen molar-refractivity contribution in [1.82, 2.24) is 4.72 Å². The van der Waals surface area contributed by atoms with E-state index in [1.165, 1.54) is 37.4 Å². The molecule has 0 heterocycles. The average Bonchev–Trinajstić information content (AvgIpc) is 2.74. The molecule has 2 amide bonds. The number of para-hydroxylation sites is 1. The third-order valence-corrected chi connectivity index (χ3v) is 6.89. The summed E-state index contributed by atoms with van der Waals surface area (Å²) in [7, 11) is -6.63. The smallest absolute Gasteiger partial charge is 0.308 e. The van der Waals surface area contributed by atoms with Crippen molar-refractivity contribution in [2.75, 3.05) is 22.4 Å². The Kier molecular flexibility index (Phi) is 6.59. The molecule has 4 N–H and O–H groups in total. The van der Waals surface area contributed by atoms with E-state index in [2.05, 4.69) is 20.1 Å². The number of amides is 2. The van der Waals surface area contributed by atoms with Crippen molar-refractivity contribution in [3.8, 4) is 0 Å². The van der Waals surface area contributed by atoms with Crippen LogP contribution in [0.5, 0.6) is 0 Å². The summed E-state index contributed by atoms with van der Waals surface area (Å²) in [5, 5.41) is 5.28. The Morgan fingerprint density at radius 3 is 1.87 bits per heavy atom. The molecule has 9 nitrogen and oxygen atoms in total. The maximum atomic E-state index is 12.7. The molecule has 0 aliphatic carbocycles. The second-order valence-electron chi connectivity index (χ2n) is 6.31. The van der Waals surface area contributed by atoms with Crippen LogP contribution in [0.25, 0.3) is 0 Å². The van der Waals surface area contributed by atoms with Gasteiger partial charge in [0.1, 0.15) is 0 Å². The van der Waals surface area contributed by atoms with Crippen LogP contribution in [-0.4, -0.2) is 29.9 Å². The number of hydrogen-bond donors (Lipinski definition) is 4. The topological polar surface area (TPSA) is 133 Å². The highest BCUT2D eigenvalue weighted by Crippen LogP contribution is 2.21. The molecule has 31 heavy (non-hydrogen) atoms. The van der Waals surface area contributed by atoms with Crippen molar-refractivity contribution >= 4 is 43.1 Å². The van der Waals surface area contributed by atoms with Crippen LogP contribution < -0.4 is 20.1 Å². The number of carbonyl (C=O) groups excluding carboxylic acids is 1. The molecular formula is C20H20N4O5S2. The zero-order valence-corrected chi connectivity index (χ0v) is 18.0. The summed E-state index contributed by atoms with van der Waals surface area (Å²) in [6, 6.07) is 19.4. The van der Waals surface area contributed by atoms with Gasteiger partial charge in [-0.25, -0.2) is 26.4 Å². The van der Waals surface area contributed by atoms with Gasteiger partial charge in [0.05, 0.1) is 15.5 Å². The van der Waals surface area contributed by atoms with Gasteiger partial charge in [-0.2, -0.15) is 0 Å². The molecular weight excluding hydrogens is 440 g/mol. The minimum Gasteiger partial charge on any atom is -0.308 e. The van der Waals surface area contributed by atoms with Crippen LogP contribution in [0.3, 0.4) is 0 Å². The van der Waals surface area contributed by atoms with Gasteiger partial charge in [-0.15, -0.1) is 0 Å². The van der Waals surface area contributed by atoms with Crippen molar-refractivity contribution in [1.29, 1.82) is 0 Å². The molecule has 3 aromatic rings. The first kappa shape index (κ1) is 22.3. The molecule has 0 saturated carbocycles. The molecule has 0 unspecified atom stereocenters. The van der Waals surface area contributed by atoms with Gasteiger partial charge >= 0.3 is 6.03 Å². The fourth-order valence-electron chi connectivity index (χ4n) is 2.62. The third kappa shape index (κ3) is 5.81. The first-order chi connectivity index (χ1) is 14.7. The van der Waals surface area contributed by atoms with Crippen molar-refractivity contribution in [2.24, 2.45) is 0 Å². The molecule has 0 aliphatic rings. The van der Waals surface area contributed by atoms with E-state index < -0.39 is 26.1 Å². The second-order valence-corrected chi connectivity index (χ2v) is 9.88. The van der Waals surface area contributed by atoms with Gasteiger partial charge in [-0.3, -0.25) is 4.72 Å². The van der Waals surface area contributed by atoms with Gasteiger partial charge in [-0.1, -0.05) is 30.3 Å². The van der Waals surface area contributed by atoms with Gasteiger partial charge < -0.3 is 10.6 Å². The molecule has 11 heteroatoms. The fraction of sp³-hybridized carbons (Fsp3) is 0.0500. The highest BCUT2D eigenvalue weighted by molar-refractivity contribution is 7.93. The lowest BCUT2D eigenvalue weighted by Crippen LogP contribution is -2.20. The molecule has 0 aliphatic heterocycles. The van der Waals surface area contributed by atoms with Crippen molar-refractivity contribution in [3.05, 3.63) is 78.9 Å². The predicted octanol–water partition coefficient (Wildman–Crippen LogP) is 3.04. The molecule has 0 atom stereocenters. The van der Waals surface area contributed by atoms with E-state index in [-0.39, 0.29) is 15.5 Å². The quantitative estimate of drug-likeness (QED) is 0.430. The van der Waals surface area contributed by atoms with E-state index in [9.17, 15) is 21.6 Å². The number of sulfonamides is 2. The minimum absolute atomic E-state index is 0.175. The minimum atomic E-state index is -4.07. The molecule has 0 saturated heterocycles. The maximum Gasteiger partial charge on any atom is 0.323 e. The first-order valence-electron chi connectivity index (χ1n) is 8.99.